The summed E-state index contributed by atoms with van der Waals surface area (Å²) >= 11 is 0. The molecule has 0 aromatic heterocycles. The largest absolute Gasteiger partial charge is 0.299 e. The van der Waals surface area contributed by atoms with Crippen LogP contribution in [0.4, 0.5) is 5.69 Å². The Morgan fingerprint density at radius 2 is 1.50 bits per heavy atom. The minimum atomic E-state index is -0.150. The number of carbonyl (C=O) groups excluding carboxylic acids is 1. The van der Waals surface area contributed by atoms with E-state index in [0.717, 1.165) is 0 Å². The standard InChI is InChI=1S/C19H10N4O/c1-23-18-5-4-15(17(7-18)12-22)9-19(24)8-14-3-2-13(10-20)6-16(14)11-21/h2-7H,8-9H2. The van der Waals surface area contributed by atoms with Crippen LogP contribution in [-0.2, 0) is 17.6 Å². The molecule has 0 N–H and O–H groups in total. The van der Waals surface area contributed by atoms with Crippen molar-refractivity contribution in [3.05, 3.63) is 75.6 Å². The molecule has 5 nitrogen and oxygen atoms in total. The van der Waals surface area contributed by atoms with Crippen LogP contribution in [-0.4, -0.2) is 5.78 Å². The second kappa shape index (κ2) is 7.37. The SMILES string of the molecule is [C-]#[N+]c1ccc(CC(=O)Cc2ccc(C#N)cc2C#N)c(C#N)c1. The van der Waals surface area contributed by atoms with Gasteiger partial charge in [-0.2, -0.15) is 15.8 Å². The lowest BCUT2D eigenvalue weighted by molar-refractivity contribution is -0.117. The summed E-state index contributed by atoms with van der Waals surface area (Å²) in [5, 5.41) is 27.1. The number of ketones is 1. The topological polar surface area (TPSA) is 92.8 Å². The molecule has 2 aromatic carbocycles. The molecule has 0 bridgehead atoms. The molecule has 0 aliphatic carbocycles. The van der Waals surface area contributed by atoms with Crippen LogP contribution in [0.1, 0.15) is 27.8 Å². The zero-order chi connectivity index (χ0) is 17.5. The highest BCUT2D eigenvalue weighted by Gasteiger charge is 2.12. The van der Waals surface area contributed by atoms with E-state index in [4.69, 9.17) is 22.4 Å². The van der Waals surface area contributed by atoms with Crippen LogP contribution in [0.2, 0.25) is 0 Å². The van der Waals surface area contributed by atoms with Crippen molar-refractivity contribution in [2.45, 2.75) is 12.8 Å². The van der Waals surface area contributed by atoms with Gasteiger partial charge in [-0.3, -0.25) is 4.79 Å². The van der Waals surface area contributed by atoms with Crippen LogP contribution >= 0.6 is 0 Å². The third-order valence-electron chi connectivity index (χ3n) is 3.48. The maximum absolute atomic E-state index is 12.3. The van der Waals surface area contributed by atoms with Crippen molar-refractivity contribution in [1.29, 1.82) is 15.8 Å². The Kier molecular flexibility index (Phi) is 5.05. The fraction of sp³-hybridized carbons (Fsp3) is 0.105. The fourth-order valence-electron chi connectivity index (χ4n) is 2.28. The lowest BCUT2D eigenvalue weighted by Crippen LogP contribution is -2.09. The molecule has 0 aliphatic heterocycles. The number of nitrogens with zero attached hydrogens (tertiary/aromatic N) is 4. The van der Waals surface area contributed by atoms with Gasteiger partial charge in [0.1, 0.15) is 5.78 Å². The fourth-order valence-corrected chi connectivity index (χ4v) is 2.28. The molecule has 0 heterocycles. The second-order valence-corrected chi connectivity index (χ2v) is 5.05. The average Bonchev–Trinajstić information content (AvgIpc) is 2.62. The summed E-state index contributed by atoms with van der Waals surface area (Å²) in [7, 11) is 0. The van der Waals surface area contributed by atoms with Crippen molar-refractivity contribution < 1.29 is 4.79 Å². The minimum Gasteiger partial charge on any atom is -0.299 e. The lowest BCUT2D eigenvalue weighted by atomic mass is 9.96. The van der Waals surface area contributed by atoms with Crippen molar-refractivity contribution in [3.63, 3.8) is 0 Å². The van der Waals surface area contributed by atoms with Crippen LogP contribution < -0.4 is 0 Å². The molecular formula is C19H10N4O. The highest BCUT2D eigenvalue weighted by molar-refractivity contribution is 5.84. The molecule has 0 spiro atoms. The van der Waals surface area contributed by atoms with E-state index in [-0.39, 0.29) is 18.6 Å². The van der Waals surface area contributed by atoms with Gasteiger partial charge < -0.3 is 0 Å². The Hall–Kier alpha value is -3.93. The van der Waals surface area contributed by atoms with Gasteiger partial charge in [0, 0.05) is 18.4 Å². The van der Waals surface area contributed by atoms with E-state index in [1.807, 2.05) is 18.2 Å². The van der Waals surface area contributed by atoms with Gasteiger partial charge in [0.05, 0.1) is 35.9 Å². The zero-order valence-electron chi connectivity index (χ0n) is 12.6. The van der Waals surface area contributed by atoms with Gasteiger partial charge in [0.15, 0.2) is 5.69 Å². The molecule has 0 saturated carbocycles. The number of hydrogen-bond acceptors (Lipinski definition) is 4. The van der Waals surface area contributed by atoms with E-state index >= 15 is 0 Å². The van der Waals surface area contributed by atoms with Gasteiger partial charge in [0.25, 0.3) is 0 Å². The third kappa shape index (κ3) is 3.63. The van der Waals surface area contributed by atoms with Crippen molar-refractivity contribution in [1.82, 2.24) is 0 Å². The molecule has 0 amide bonds. The first-order chi connectivity index (χ1) is 11.6. The van der Waals surface area contributed by atoms with Crippen LogP contribution in [0.25, 0.3) is 4.85 Å². The Morgan fingerprint density at radius 3 is 2.04 bits per heavy atom. The number of benzene rings is 2. The van der Waals surface area contributed by atoms with E-state index < -0.39 is 0 Å². The summed E-state index contributed by atoms with van der Waals surface area (Å²) in [6, 6.07) is 15.2. The predicted molar refractivity (Wildman–Crippen MR) is 85.7 cm³/mol. The van der Waals surface area contributed by atoms with Gasteiger partial charge in [0.2, 0.25) is 0 Å². The Morgan fingerprint density at radius 1 is 0.917 bits per heavy atom. The molecule has 5 heteroatoms. The summed E-state index contributed by atoms with van der Waals surface area (Å²) in [5.41, 5.74) is 2.43. The number of Topliss-reactive ketones (excluding diaryl/α,β-unsaturated/α-hetero) is 1. The maximum Gasteiger partial charge on any atom is 0.188 e. The predicted octanol–water partition coefficient (Wildman–Crippen LogP) is 3.21. The first kappa shape index (κ1) is 16.4. The summed E-state index contributed by atoms with van der Waals surface area (Å²) in [4.78, 5) is 15.5. The Balaban J connectivity index is 2.21. The Bertz CT molecular complexity index is 899. The summed E-state index contributed by atoms with van der Waals surface area (Å²) in [6.45, 7) is 6.95. The molecular weight excluding hydrogens is 300 g/mol. The number of hydrogen-bond donors (Lipinski definition) is 0. The summed E-state index contributed by atoms with van der Waals surface area (Å²) < 4.78 is 0. The van der Waals surface area contributed by atoms with E-state index in [9.17, 15) is 4.79 Å². The van der Waals surface area contributed by atoms with Crippen LogP contribution in [0.5, 0.6) is 0 Å². The zero-order valence-corrected chi connectivity index (χ0v) is 12.6. The van der Waals surface area contributed by atoms with E-state index in [1.54, 1.807) is 24.3 Å². The van der Waals surface area contributed by atoms with E-state index in [2.05, 4.69) is 4.85 Å². The minimum absolute atomic E-state index is 0.0457. The summed E-state index contributed by atoms with van der Waals surface area (Å²) in [5.74, 6) is -0.150. The molecule has 0 unspecified atom stereocenters. The van der Waals surface area contributed by atoms with Crippen molar-refractivity contribution in [2.24, 2.45) is 0 Å². The molecule has 0 aliphatic rings. The number of carbonyl (C=O) groups is 1. The van der Waals surface area contributed by atoms with Crippen LogP contribution in [0, 0.1) is 40.6 Å². The van der Waals surface area contributed by atoms with Crippen molar-refractivity contribution in [2.75, 3.05) is 0 Å². The third-order valence-corrected chi connectivity index (χ3v) is 3.48. The van der Waals surface area contributed by atoms with Crippen molar-refractivity contribution in [3.8, 4) is 18.2 Å². The average molecular weight is 310 g/mol. The quantitative estimate of drug-likeness (QED) is 0.810. The molecule has 24 heavy (non-hydrogen) atoms. The molecule has 0 fully saturated rings. The van der Waals surface area contributed by atoms with Gasteiger partial charge in [-0.05, 0) is 29.3 Å². The highest BCUT2D eigenvalue weighted by atomic mass is 16.1. The number of rotatable bonds is 4. The lowest BCUT2D eigenvalue weighted by Gasteiger charge is -2.06. The highest BCUT2D eigenvalue weighted by Crippen LogP contribution is 2.19. The van der Waals surface area contributed by atoms with Gasteiger partial charge in [-0.15, -0.1) is 0 Å². The smallest absolute Gasteiger partial charge is 0.188 e. The maximum atomic E-state index is 12.3. The van der Waals surface area contributed by atoms with E-state index in [0.29, 0.717) is 33.5 Å². The summed E-state index contributed by atoms with van der Waals surface area (Å²) in [6.07, 6.45) is 0.0933. The van der Waals surface area contributed by atoms with Crippen molar-refractivity contribution >= 4 is 11.5 Å². The molecule has 112 valence electrons. The molecule has 0 atom stereocenters. The first-order valence-electron chi connectivity index (χ1n) is 6.96. The van der Waals surface area contributed by atoms with Crippen LogP contribution in [0.15, 0.2) is 36.4 Å². The molecule has 2 aromatic rings. The molecule has 2 rings (SSSR count). The normalized spacial score (nSPS) is 9.17. The molecule has 0 saturated heterocycles. The van der Waals surface area contributed by atoms with E-state index in [1.165, 1.54) is 12.1 Å². The second-order valence-electron chi connectivity index (χ2n) is 5.05. The van der Waals surface area contributed by atoms with Gasteiger partial charge in [-0.25, -0.2) is 4.85 Å². The number of nitriles is 3. The van der Waals surface area contributed by atoms with Gasteiger partial charge >= 0.3 is 0 Å². The first-order valence-corrected chi connectivity index (χ1v) is 6.96. The van der Waals surface area contributed by atoms with Crippen LogP contribution in [0.3, 0.4) is 0 Å². The monoisotopic (exact) mass is 310 g/mol. The Labute approximate surface area is 139 Å². The van der Waals surface area contributed by atoms with Gasteiger partial charge in [-0.1, -0.05) is 18.2 Å². The molecule has 0 radical (unpaired) electrons.